The van der Waals surface area contributed by atoms with Crippen molar-refractivity contribution in [2.75, 3.05) is 44.2 Å². The number of nitrogens with one attached hydrogen (secondary N) is 1. The van der Waals surface area contributed by atoms with Gasteiger partial charge in [0.05, 0.1) is 6.10 Å². The number of carbonyl (C=O) groups excluding carboxylic acids is 1. The lowest BCUT2D eigenvalue weighted by Gasteiger charge is -2.37. The normalized spacial score (nSPS) is 15.0. The molecular weight excluding hydrogens is 302 g/mol. The number of piperazine rings is 1. The first kappa shape index (κ1) is 18.6. The summed E-state index contributed by atoms with van der Waals surface area (Å²) in [5.41, 5.74) is 3.94. The molecule has 2 amide bonds. The Bertz CT molecular complexity index is 537. The average Bonchev–Trinajstić information content (AvgIpc) is 2.57. The number of ether oxygens (including phenoxy) is 1. The first-order valence-corrected chi connectivity index (χ1v) is 8.94. The van der Waals surface area contributed by atoms with E-state index in [1.54, 1.807) is 0 Å². The molecule has 1 saturated heterocycles. The summed E-state index contributed by atoms with van der Waals surface area (Å²) >= 11 is 0. The summed E-state index contributed by atoms with van der Waals surface area (Å²) in [6.07, 6.45) is 1.10. The Balaban J connectivity index is 1.74. The number of nitrogens with zero attached hydrogens (tertiary/aromatic N) is 2. The predicted octanol–water partition coefficient (Wildman–Crippen LogP) is 2.95. The Morgan fingerprint density at radius 2 is 1.92 bits per heavy atom. The second-order valence-electron chi connectivity index (χ2n) is 6.70. The van der Waals surface area contributed by atoms with Crippen LogP contribution in [0.5, 0.6) is 0 Å². The molecule has 2 rings (SSSR count). The SMILES string of the molecule is Cc1cccc(N2CCN(C(=O)NCCCOC(C)C)CC2)c1C. The van der Waals surface area contributed by atoms with Crippen LogP contribution in [0.15, 0.2) is 18.2 Å². The van der Waals surface area contributed by atoms with Gasteiger partial charge in [0.25, 0.3) is 0 Å². The van der Waals surface area contributed by atoms with Crippen molar-refractivity contribution >= 4 is 11.7 Å². The summed E-state index contributed by atoms with van der Waals surface area (Å²) < 4.78 is 5.48. The number of carbonyl (C=O) groups is 1. The van der Waals surface area contributed by atoms with E-state index in [-0.39, 0.29) is 12.1 Å². The number of rotatable bonds is 6. The lowest BCUT2D eigenvalue weighted by molar-refractivity contribution is 0.0771. The van der Waals surface area contributed by atoms with E-state index in [0.29, 0.717) is 13.2 Å². The Hall–Kier alpha value is -1.75. The molecule has 0 radical (unpaired) electrons. The highest BCUT2D eigenvalue weighted by Crippen LogP contribution is 2.23. The van der Waals surface area contributed by atoms with E-state index in [9.17, 15) is 4.79 Å². The molecule has 1 aromatic carbocycles. The third kappa shape index (κ3) is 5.13. The van der Waals surface area contributed by atoms with E-state index < -0.39 is 0 Å². The summed E-state index contributed by atoms with van der Waals surface area (Å²) in [7, 11) is 0. The number of hydrogen-bond donors (Lipinski definition) is 1. The minimum absolute atomic E-state index is 0.0418. The molecule has 0 aromatic heterocycles. The quantitative estimate of drug-likeness (QED) is 0.814. The molecule has 0 bridgehead atoms. The molecular formula is C19H31N3O2. The lowest BCUT2D eigenvalue weighted by Crippen LogP contribution is -2.52. The van der Waals surface area contributed by atoms with Crippen LogP contribution in [0.3, 0.4) is 0 Å². The Kier molecular flexibility index (Phi) is 6.91. The number of aryl methyl sites for hydroxylation is 1. The molecule has 5 heteroatoms. The van der Waals surface area contributed by atoms with Crippen molar-refractivity contribution in [1.82, 2.24) is 10.2 Å². The topological polar surface area (TPSA) is 44.8 Å². The Morgan fingerprint density at radius 1 is 1.21 bits per heavy atom. The molecule has 0 unspecified atom stereocenters. The van der Waals surface area contributed by atoms with Crippen LogP contribution in [0.1, 0.15) is 31.4 Å². The second-order valence-corrected chi connectivity index (χ2v) is 6.70. The first-order chi connectivity index (χ1) is 11.5. The average molecular weight is 333 g/mol. The summed E-state index contributed by atoms with van der Waals surface area (Å²) in [4.78, 5) is 16.5. The molecule has 0 aliphatic carbocycles. The van der Waals surface area contributed by atoms with Gasteiger partial charge in [-0.2, -0.15) is 0 Å². The van der Waals surface area contributed by atoms with E-state index in [1.165, 1.54) is 16.8 Å². The molecule has 0 spiro atoms. The molecule has 134 valence electrons. The van der Waals surface area contributed by atoms with Crippen molar-refractivity contribution in [1.29, 1.82) is 0 Å². The van der Waals surface area contributed by atoms with Gasteiger partial charge in [-0.25, -0.2) is 4.79 Å². The van der Waals surface area contributed by atoms with Gasteiger partial charge in [0, 0.05) is 45.0 Å². The van der Waals surface area contributed by atoms with Crippen molar-refractivity contribution < 1.29 is 9.53 Å². The highest BCUT2D eigenvalue weighted by molar-refractivity contribution is 5.74. The second kappa shape index (κ2) is 8.92. The van der Waals surface area contributed by atoms with Gasteiger partial charge < -0.3 is 19.9 Å². The molecule has 1 heterocycles. The van der Waals surface area contributed by atoms with Crippen LogP contribution in [0.2, 0.25) is 0 Å². The summed E-state index contributed by atoms with van der Waals surface area (Å²) in [5, 5.41) is 2.99. The zero-order valence-electron chi connectivity index (χ0n) is 15.5. The molecule has 1 fully saturated rings. The van der Waals surface area contributed by atoms with Gasteiger partial charge >= 0.3 is 6.03 Å². The van der Waals surface area contributed by atoms with Gasteiger partial charge in [-0.15, -0.1) is 0 Å². The van der Waals surface area contributed by atoms with Gasteiger partial charge in [-0.05, 0) is 51.3 Å². The zero-order valence-corrected chi connectivity index (χ0v) is 15.5. The number of urea groups is 1. The van der Waals surface area contributed by atoms with Crippen molar-refractivity contribution in [2.24, 2.45) is 0 Å². The highest BCUT2D eigenvalue weighted by atomic mass is 16.5. The van der Waals surface area contributed by atoms with Gasteiger partial charge in [-0.3, -0.25) is 0 Å². The van der Waals surface area contributed by atoms with Crippen molar-refractivity contribution in [3.63, 3.8) is 0 Å². The number of amides is 2. The van der Waals surface area contributed by atoms with E-state index in [2.05, 4.69) is 42.3 Å². The number of benzene rings is 1. The number of hydrogen-bond acceptors (Lipinski definition) is 3. The molecule has 1 aliphatic rings. The molecule has 5 nitrogen and oxygen atoms in total. The van der Waals surface area contributed by atoms with Crippen LogP contribution in [0, 0.1) is 13.8 Å². The predicted molar refractivity (Wildman–Crippen MR) is 98.8 cm³/mol. The van der Waals surface area contributed by atoms with Crippen LogP contribution >= 0.6 is 0 Å². The van der Waals surface area contributed by atoms with Gasteiger partial charge in [0.15, 0.2) is 0 Å². The Labute approximate surface area is 146 Å². The molecule has 0 atom stereocenters. The van der Waals surface area contributed by atoms with Gasteiger partial charge in [0.1, 0.15) is 0 Å². The van der Waals surface area contributed by atoms with Crippen LogP contribution in [0.25, 0.3) is 0 Å². The smallest absolute Gasteiger partial charge is 0.317 e. The first-order valence-electron chi connectivity index (χ1n) is 8.94. The standard InChI is InChI=1S/C19H31N3O2/c1-15(2)24-14-6-9-20-19(23)22-12-10-21(11-13-22)18-8-5-7-16(3)17(18)4/h5,7-8,15H,6,9-14H2,1-4H3,(H,20,23). The largest absolute Gasteiger partial charge is 0.379 e. The fourth-order valence-corrected chi connectivity index (χ4v) is 2.93. The van der Waals surface area contributed by atoms with Crippen LogP contribution < -0.4 is 10.2 Å². The maximum absolute atomic E-state index is 12.2. The molecule has 1 N–H and O–H groups in total. The van der Waals surface area contributed by atoms with Crippen LogP contribution in [0.4, 0.5) is 10.5 Å². The monoisotopic (exact) mass is 333 g/mol. The zero-order chi connectivity index (χ0) is 17.5. The minimum atomic E-state index is 0.0418. The van der Waals surface area contributed by atoms with Crippen molar-refractivity contribution in [2.45, 2.75) is 40.2 Å². The van der Waals surface area contributed by atoms with Gasteiger partial charge in [0.2, 0.25) is 0 Å². The van der Waals surface area contributed by atoms with E-state index in [1.807, 2.05) is 18.7 Å². The fraction of sp³-hybridized carbons (Fsp3) is 0.632. The molecule has 1 aliphatic heterocycles. The highest BCUT2D eigenvalue weighted by Gasteiger charge is 2.21. The fourth-order valence-electron chi connectivity index (χ4n) is 2.93. The maximum atomic E-state index is 12.2. The summed E-state index contributed by atoms with van der Waals surface area (Å²) in [5.74, 6) is 0. The van der Waals surface area contributed by atoms with Crippen LogP contribution in [-0.2, 0) is 4.74 Å². The molecule has 0 saturated carbocycles. The molecule has 24 heavy (non-hydrogen) atoms. The minimum Gasteiger partial charge on any atom is -0.379 e. The van der Waals surface area contributed by atoms with E-state index >= 15 is 0 Å². The molecule has 1 aromatic rings. The van der Waals surface area contributed by atoms with Crippen molar-refractivity contribution in [3.05, 3.63) is 29.3 Å². The van der Waals surface area contributed by atoms with Crippen LogP contribution in [-0.4, -0.2) is 56.4 Å². The maximum Gasteiger partial charge on any atom is 0.317 e. The van der Waals surface area contributed by atoms with E-state index in [0.717, 1.165) is 32.6 Å². The van der Waals surface area contributed by atoms with E-state index in [4.69, 9.17) is 4.74 Å². The Morgan fingerprint density at radius 3 is 2.58 bits per heavy atom. The summed E-state index contributed by atoms with van der Waals surface area (Å²) in [6.45, 7) is 13.0. The number of anilines is 1. The third-order valence-electron chi connectivity index (χ3n) is 4.53. The summed E-state index contributed by atoms with van der Waals surface area (Å²) in [6, 6.07) is 6.47. The van der Waals surface area contributed by atoms with Gasteiger partial charge in [-0.1, -0.05) is 12.1 Å². The third-order valence-corrected chi connectivity index (χ3v) is 4.53. The van der Waals surface area contributed by atoms with Crippen molar-refractivity contribution in [3.8, 4) is 0 Å². The lowest BCUT2D eigenvalue weighted by atomic mass is 10.1.